The maximum Gasteiger partial charge on any atom is 0.164 e. The number of aryl methyl sites for hydroxylation is 1. The Balaban J connectivity index is 2.01. The van der Waals surface area contributed by atoms with Gasteiger partial charge in [0.25, 0.3) is 0 Å². The zero-order valence-electron chi connectivity index (χ0n) is 9.83. The maximum absolute atomic E-state index is 13.1. The Morgan fingerprint density at radius 1 is 1.59 bits per heavy atom. The van der Waals surface area contributed by atoms with Crippen LogP contribution in [-0.4, -0.2) is 29.9 Å². The Hall–Kier alpha value is -0.870. The molecule has 1 atom stereocenters. The molecule has 0 aromatic heterocycles. The molecule has 0 radical (unpaired) electrons. The van der Waals surface area contributed by atoms with Gasteiger partial charge in [-0.15, -0.1) is 0 Å². The van der Waals surface area contributed by atoms with Gasteiger partial charge in [-0.05, 0) is 30.7 Å². The van der Waals surface area contributed by atoms with Crippen molar-refractivity contribution in [3.63, 3.8) is 0 Å². The third-order valence-electron chi connectivity index (χ3n) is 2.91. The first-order chi connectivity index (χ1) is 8.16. The number of carbonyl (C=O) groups is 1. The summed E-state index contributed by atoms with van der Waals surface area (Å²) >= 11 is 1.87. The van der Waals surface area contributed by atoms with E-state index in [1.165, 1.54) is 6.07 Å². The van der Waals surface area contributed by atoms with Crippen LogP contribution in [0, 0.1) is 12.7 Å². The SMILES string of the molecule is Cc1cc(C(=O)CC2CSCCN2)ccc1F. The van der Waals surface area contributed by atoms with Crippen LogP contribution in [0.25, 0.3) is 0 Å². The number of halogens is 1. The highest BCUT2D eigenvalue weighted by atomic mass is 32.2. The lowest BCUT2D eigenvalue weighted by Gasteiger charge is -2.22. The fourth-order valence-electron chi connectivity index (χ4n) is 1.91. The smallest absolute Gasteiger partial charge is 0.164 e. The Morgan fingerprint density at radius 2 is 2.41 bits per heavy atom. The van der Waals surface area contributed by atoms with E-state index >= 15 is 0 Å². The molecule has 1 N–H and O–H groups in total. The van der Waals surface area contributed by atoms with Gasteiger partial charge < -0.3 is 5.32 Å². The number of benzene rings is 1. The summed E-state index contributed by atoms with van der Waals surface area (Å²) in [5.41, 5.74) is 1.14. The van der Waals surface area contributed by atoms with Gasteiger partial charge in [0.1, 0.15) is 5.82 Å². The second-order valence-corrected chi connectivity index (χ2v) is 5.47. The fraction of sp³-hybridized carbons (Fsp3) is 0.462. The highest BCUT2D eigenvalue weighted by Gasteiger charge is 2.18. The van der Waals surface area contributed by atoms with Gasteiger partial charge in [0, 0.05) is 36.1 Å². The van der Waals surface area contributed by atoms with Crippen LogP contribution in [0.4, 0.5) is 4.39 Å². The summed E-state index contributed by atoms with van der Waals surface area (Å²) in [5, 5.41) is 3.33. The minimum absolute atomic E-state index is 0.0908. The number of Topliss-reactive ketones (excluding diaryl/α,β-unsaturated/α-hetero) is 1. The summed E-state index contributed by atoms with van der Waals surface area (Å²) < 4.78 is 13.1. The van der Waals surface area contributed by atoms with E-state index in [9.17, 15) is 9.18 Å². The molecule has 0 spiro atoms. The van der Waals surface area contributed by atoms with Crippen LogP contribution in [0.2, 0.25) is 0 Å². The standard InChI is InChI=1S/C13H16FNOS/c1-9-6-10(2-3-12(9)14)13(16)7-11-8-17-5-4-15-11/h2-3,6,11,15H,4-5,7-8H2,1H3. The first-order valence-electron chi connectivity index (χ1n) is 5.77. The van der Waals surface area contributed by atoms with Crippen LogP contribution in [0.5, 0.6) is 0 Å². The first kappa shape index (κ1) is 12.6. The molecule has 0 saturated carbocycles. The first-order valence-corrected chi connectivity index (χ1v) is 6.93. The van der Waals surface area contributed by atoms with Gasteiger partial charge in [-0.3, -0.25) is 4.79 Å². The van der Waals surface area contributed by atoms with Crippen LogP contribution in [0.1, 0.15) is 22.3 Å². The molecule has 1 aromatic rings. The zero-order chi connectivity index (χ0) is 12.3. The molecule has 0 amide bonds. The monoisotopic (exact) mass is 253 g/mol. The average Bonchev–Trinajstić information content (AvgIpc) is 2.34. The quantitative estimate of drug-likeness (QED) is 0.839. The fourth-order valence-corrected chi connectivity index (χ4v) is 2.86. The largest absolute Gasteiger partial charge is 0.312 e. The van der Waals surface area contributed by atoms with E-state index in [0.29, 0.717) is 17.5 Å². The van der Waals surface area contributed by atoms with Crippen molar-refractivity contribution in [2.24, 2.45) is 0 Å². The summed E-state index contributed by atoms with van der Waals surface area (Å²) in [4.78, 5) is 12.0. The van der Waals surface area contributed by atoms with Crippen LogP contribution in [-0.2, 0) is 0 Å². The molecule has 17 heavy (non-hydrogen) atoms. The topological polar surface area (TPSA) is 29.1 Å². The van der Waals surface area contributed by atoms with Gasteiger partial charge in [0.05, 0.1) is 0 Å². The van der Waals surface area contributed by atoms with Gasteiger partial charge >= 0.3 is 0 Å². The molecular weight excluding hydrogens is 237 g/mol. The van der Waals surface area contributed by atoms with E-state index < -0.39 is 0 Å². The maximum atomic E-state index is 13.1. The highest BCUT2D eigenvalue weighted by molar-refractivity contribution is 7.99. The highest BCUT2D eigenvalue weighted by Crippen LogP contribution is 2.15. The number of carbonyl (C=O) groups excluding carboxylic acids is 1. The molecule has 1 aromatic carbocycles. The predicted molar refractivity (Wildman–Crippen MR) is 69.2 cm³/mol. The van der Waals surface area contributed by atoms with Crippen molar-refractivity contribution < 1.29 is 9.18 Å². The number of rotatable bonds is 3. The van der Waals surface area contributed by atoms with Gasteiger partial charge in [0.2, 0.25) is 0 Å². The Labute approximate surface area is 105 Å². The molecule has 2 rings (SSSR count). The predicted octanol–water partition coefficient (Wildman–Crippen LogP) is 2.41. The molecule has 1 unspecified atom stereocenters. The summed E-state index contributed by atoms with van der Waals surface area (Å²) in [6, 6.07) is 4.83. The summed E-state index contributed by atoms with van der Waals surface area (Å²) in [7, 11) is 0. The molecule has 1 saturated heterocycles. The second kappa shape index (κ2) is 5.65. The van der Waals surface area contributed by atoms with E-state index in [1.54, 1.807) is 19.1 Å². The number of nitrogens with one attached hydrogen (secondary N) is 1. The number of hydrogen-bond acceptors (Lipinski definition) is 3. The molecule has 1 heterocycles. The molecule has 1 fully saturated rings. The van der Waals surface area contributed by atoms with Crippen molar-refractivity contribution in [3.05, 3.63) is 35.1 Å². The lowest BCUT2D eigenvalue weighted by Crippen LogP contribution is -2.38. The molecule has 0 bridgehead atoms. The van der Waals surface area contributed by atoms with Crippen molar-refractivity contribution in [1.82, 2.24) is 5.32 Å². The Bertz CT molecular complexity index is 416. The van der Waals surface area contributed by atoms with Crippen molar-refractivity contribution in [2.75, 3.05) is 18.1 Å². The van der Waals surface area contributed by atoms with Gasteiger partial charge in [-0.25, -0.2) is 4.39 Å². The third kappa shape index (κ3) is 3.30. The van der Waals surface area contributed by atoms with Crippen LogP contribution >= 0.6 is 11.8 Å². The summed E-state index contributed by atoms with van der Waals surface area (Å²) in [5.74, 6) is 1.92. The minimum Gasteiger partial charge on any atom is -0.312 e. The Kier molecular flexibility index (Phi) is 4.18. The minimum atomic E-state index is -0.257. The normalized spacial score (nSPS) is 20.2. The molecule has 4 heteroatoms. The molecular formula is C13H16FNOS. The van der Waals surface area contributed by atoms with Gasteiger partial charge in [0.15, 0.2) is 5.78 Å². The van der Waals surface area contributed by atoms with E-state index in [2.05, 4.69) is 5.32 Å². The average molecular weight is 253 g/mol. The molecule has 92 valence electrons. The molecule has 1 aliphatic heterocycles. The van der Waals surface area contributed by atoms with Crippen LogP contribution in [0.3, 0.4) is 0 Å². The van der Waals surface area contributed by atoms with Crippen molar-refractivity contribution in [3.8, 4) is 0 Å². The second-order valence-electron chi connectivity index (χ2n) is 4.32. The number of ketones is 1. The van der Waals surface area contributed by atoms with E-state index in [1.807, 2.05) is 11.8 Å². The van der Waals surface area contributed by atoms with E-state index in [-0.39, 0.29) is 17.6 Å². The lowest BCUT2D eigenvalue weighted by atomic mass is 10.0. The lowest BCUT2D eigenvalue weighted by molar-refractivity contribution is 0.0972. The van der Waals surface area contributed by atoms with Crippen molar-refractivity contribution in [2.45, 2.75) is 19.4 Å². The van der Waals surface area contributed by atoms with E-state index in [4.69, 9.17) is 0 Å². The van der Waals surface area contributed by atoms with Crippen molar-refractivity contribution >= 4 is 17.5 Å². The zero-order valence-corrected chi connectivity index (χ0v) is 10.6. The van der Waals surface area contributed by atoms with Crippen LogP contribution < -0.4 is 5.32 Å². The molecule has 2 nitrogen and oxygen atoms in total. The van der Waals surface area contributed by atoms with Gasteiger partial charge in [-0.2, -0.15) is 11.8 Å². The van der Waals surface area contributed by atoms with E-state index in [0.717, 1.165) is 18.1 Å². The van der Waals surface area contributed by atoms with Gasteiger partial charge in [-0.1, -0.05) is 0 Å². The van der Waals surface area contributed by atoms with Crippen LogP contribution in [0.15, 0.2) is 18.2 Å². The van der Waals surface area contributed by atoms with Crippen molar-refractivity contribution in [1.29, 1.82) is 0 Å². The third-order valence-corrected chi connectivity index (χ3v) is 4.04. The summed E-state index contributed by atoms with van der Waals surface area (Å²) in [6.07, 6.45) is 0.498. The molecule has 0 aliphatic carbocycles. The molecule has 1 aliphatic rings. The summed E-state index contributed by atoms with van der Waals surface area (Å²) in [6.45, 7) is 2.64. The number of hydrogen-bond donors (Lipinski definition) is 1. The Morgan fingerprint density at radius 3 is 3.06 bits per heavy atom. The number of thioether (sulfide) groups is 1.